The number of hydrogen-bond acceptors (Lipinski definition) is 4. The number of carbonyl (C=O) groups is 1. The molecule has 0 bridgehead atoms. The predicted octanol–water partition coefficient (Wildman–Crippen LogP) is 1.21. The van der Waals surface area contributed by atoms with Crippen LogP contribution in [0.1, 0.15) is 16.2 Å². The number of hydrogen-bond donors (Lipinski definition) is 0. The van der Waals surface area contributed by atoms with E-state index in [-0.39, 0.29) is 0 Å². The first kappa shape index (κ1) is 10.4. The Bertz CT molecular complexity index is 476. The topological polar surface area (TPSA) is 57.0 Å². The fourth-order valence-corrected chi connectivity index (χ4v) is 1.24. The van der Waals surface area contributed by atoms with Crippen LogP contribution in [-0.4, -0.2) is 21.1 Å². The quantitative estimate of drug-likeness (QED) is 0.722. The fourth-order valence-electron chi connectivity index (χ4n) is 1.24. The molecule has 2 rings (SSSR count). The van der Waals surface area contributed by atoms with Gasteiger partial charge in [0.25, 0.3) is 0 Å². The van der Waals surface area contributed by atoms with Crippen molar-refractivity contribution in [3.8, 4) is 5.75 Å². The summed E-state index contributed by atoms with van der Waals surface area (Å²) in [6.45, 7) is 0.358. The Kier molecular flexibility index (Phi) is 2.95. The Morgan fingerprint density at radius 3 is 2.69 bits per heavy atom. The highest BCUT2D eigenvalue weighted by Gasteiger charge is 2.01. The summed E-state index contributed by atoms with van der Waals surface area (Å²) in [6.07, 6.45) is 2.28. The molecular weight excluding hydrogens is 206 g/mol. The minimum absolute atomic E-state index is 0.358. The fraction of sp³-hybridized carbons (Fsp3) is 0.182. The third kappa shape index (κ3) is 2.25. The zero-order valence-electron chi connectivity index (χ0n) is 8.83. The molecule has 16 heavy (non-hydrogen) atoms. The Hall–Kier alpha value is -2.17. The molecule has 0 radical (unpaired) electrons. The molecule has 0 saturated heterocycles. The molecule has 0 amide bonds. The zero-order chi connectivity index (χ0) is 11.4. The maximum absolute atomic E-state index is 10.4. The molecule has 82 valence electrons. The van der Waals surface area contributed by atoms with E-state index in [0.717, 1.165) is 12.1 Å². The smallest absolute Gasteiger partial charge is 0.164 e. The number of aromatic nitrogens is 3. The van der Waals surface area contributed by atoms with Crippen molar-refractivity contribution in [2.45, 2.75) is 6.61 Å². The predicted molar refractivity (Wildman–Crippen MR) is 57.2 cm³/mol. The number of ether oxygens (including phenoxy) is 1. The minimum atomic E-state index is 0.358. The lowest BCUT2D eigenvalue weighted by Crippen LogP contribution is -2.04. The number of carbonyl (C=O) groups excluding carboxylic acids is 1. The van der Waals surface area contributed by atoms with Crippen molar-refractivity contribution in [1.29, 1.82) is 0 Å². The Balaban J connectivity index is 1.99. The number of rotatable bonds is 4. The number of aryl methyl sites for hydroxylation is 1. The van der Waals surface area contributed by atoms with E-state index in [9.17, 15) is 4.79 Å². The van der Waals surface area contributed by atoms with Gasteiger partial charge >= 0.3 is 0 Å². The Labute approximate surface area is 92.7 Å². The molecule has 0 unspecified atom stereocenters. The van der Waals surface area contributed by atoms with Gasteiger partial charge in [-0.3, -0.25) is 9.48 Å². The highest BCUT2D eigenvalue weighted by molar-refractivity contribution is 5.74. The summed E-state index contributed by atoms with van der Waals surface area (Å²) in [5.41, 5.74) is 0.631. The molecule has 0 fully saturated rings. The van der Waals surface area contributed by atoms with Crippen molar-refractivity contribution in [2.24, 2.45) is 7.05 Å². The molecule has 0 aliphatic rings. The van der Waals surface area contributed by atoms with Gasteiger partial charge in [0.2, 0.25) is 0 Å². The molecule has 2 aromatic rings. The number of benzene rings is 1. The molecule has 0 spiro atoms. The van der Waals surface area contributed by atoms with Crippen LogP contribution in [0.4, 0.5) is 0 Å². The first-order valence-corrected chi connectivity index (χ1v) is 4.80. The molecule has 0 atom stereocenters. The molecule has 1 heterocycles. The Morgan fingerprint density at radius 2 is 2.12 bits per heavy atom. The first-order chi connectivity index (χ1) is 7.79. The largest absolute Gasteiger partial charge is 0.486 e. The number of aldehydes is 1. The maximum atomic E-state index is 10.4. The second-order valence-electron chi connectivity index (χ2n) is 3.28. The van der Waals surface area contributed by atoms with Crippen LogP contribution in [0.5, 0.6) is 5.75 Å². The van der Waals surface area contributed by atoms with Gasteiger partial charge in [-0.2, -0.15) is 5.10 Å². The van der Waals surface area contributed by atoms with E-state index in [2.05, 4.69) is 10.1 Å². The highest BCUT2D eigenvalue weighted by atomic mass is 16.5. The van der Waals surface area contributed by atoms with Crippen molar-refractivity contribution in [2.75, 3.05) is 0 Å². The van der Waals surface area contributed by atoms with Gasteiger partial charge in [-0.25, -0.2) is 4.98 Å². The SMILES string of the molecule is Cn1ncnc1COc1ccc(C=O)cc1. The second kappa shape index (κ2) is 4.57. The van der Waals surface area contributed by atoms with Crippen LogP contribution < -0.4 is 4.74 Å². The van der Waals surface area contributed by atoms with Gasteiger partial charge in [-0.1, -0.05) is 0 Å². The standard InChI is InChI=1S/C11H11N3O2/c1-14-11(12-8-13-14)7-16-10-4-2-9(6-15)3-5-10/h2-6,8H,7H2,1H3. The van der Waals surface area contributed by atoms with Gasteiger partial charge in [-0.05, 0) is 24.3 Å². The normalized spacial score (nSPS) is 10.1. The lowest BCUT2D eigenvalue weighted by atomic mass is 10.2. The van der Waals surface area contributed by atoms with Gasteiger partial charge in [-0.15, -0.1) is 0 Å². The van der Waals surface area contributed by atoms with Crippen LogP contribution in [0.15, 0.2) is 30.6 Å². The second-order valence-corrected chi connectivity index (χ2v) is 3.28. The van der Waals surface area contributed by atoms with Crippen molar-refractivity contribution in [3.05, 3.63) is 42.0 Å². The lowest BCUT2D eigenvalue weighted by Gasteiger charge is -2.05. The number of nitrogens with zero attached hydrogens (tertiary/aromatic N) is 3. The van der Waals surface area contributed by atoms with Crippen molar-refractivity contribution >= 4 is 6.29 Å². The van der Waals surface area contributed by atoms with Gasteiger partial charge in [0.05, 0.1) is 0 Å². The molecule has 0 aliphatic heterocycles. The lowest BCUT2D eigenvalue weighted by molar-refractivity contribution is 0.112. The molecule has 5 heteroatoms. The molecule has 0 saturated carbocycles. The van der Waals surface area contributed by atoms with Gasteiger partial charge < -0.3 is 4.74 Å². The third-order valence-electron chi connectivity index (χ3n) is 2.19. The summed E-state index contributed by atoms with van der Waals surface area (Å²) in [5.74, 6) is 1.45. The molecule has 1 aromatic carbocycles. The molecule has 1 aromatic heterocycles. The van der Waals surface area contributed by atoms with E-state index in [0.29, 0.717) is 17.9 Å². The van der Waals surface area contributed by atoms with Crippen LogP contribution in [0.25, 0.3) is 0 Å². The van der Waals surface area contributed by atoms with E-state index < -0.39 is 0 Å². The van der Waals surface area contributed by atoms with E-state index in [1.165, 1.54) is 6.33 Å². The summed E-state index contributed by atoms with van der Waals surface area (Å²) in [5, 5.41) is 3.94. The third-order valence-corrected chi connectivity index (χ3v) is 2.19. The highest BCUT2D eigenvalue weighted by Crippen LogP contribution is 2.12. The zero-order valence-corrected chi connectivity index (χ0v) is 8.83. The van der Waals surface area contributed by atoms with Crippen LogP contribution in [0.2, 0.25) is 0 Å². The van der Waals surface area contributed by atoms with Gasteiger partial charge in [0, 0.05) is 12.6 Å². The van der Waals surface area contributed by atoms with Crippen molar-refractivity contribution in [3.63, 3.8) is 0 Å². The molecule has 0 N–H and O–H groups in total. The molecule has 0 aliphatic carbocycles. The Morgan fingerprint density at radius 1 is 1.38 bits per heavy atom. The molecular formula is C11H11N3O2. The van der Waals surface area contributed by atoms with Crippen LogP contribution in [-0.2, 0) is 13.7 Å². The summed E-state index contributed by atoms with van der Waals surface area (Å²) >= 11 is 0. The summed E-state index contributed by atoms with van der Waals surface area (Å²) in [6, 6.07) is 6.91. The maximum Gasteiger partial charge on any atom is 0.164 e. The van der Waals surface area contributed by atoms with E-state index in [4.69, 9.17) is 4.74 Å². The van der Waals surface area contributed by atoms with E-state index in [1.54, 1.807) is 36.0 Å². The van der Waals surface area contributed by atoms with Crippen LogP contribution in [0.3, 0.4) is 0 Å². The summed E-state index contributed by atoms with van der Waals surface area (Å²) in [4.78, 5) is 14.5. The average molecular weight is 217 g/mol. The van der Waals surface area contributed by atoms with Crippen LogP contribution >= 0.6 is 0 Å². The van der Waals surface area contributed by atoms with Gasteiger partial charge in [0.15, 0.2) is 5.82 Å². The van der Waals surface area contributed by atoms with Crippen molar-refractivity contribution < 1.29 is 9.53 Å². The summed E-state index contributed by atoms with van der Waals surface area (Å²) in [7, 11) is 1.81. The first-order valence-electron chi connectivity index (χ1n) is 4.80. The van der Waals surface area contributed by atoms with Crippen LogP contribution in [0, 0.1) is 0 Å². The average Bonchev–Trinajstić information content (AvgIpc) is 2.73. The van der Waals surface area contributed by atoms with E-state index >= 15 is 0 Å². The van der Waals surface area contributed by atoms with Gasteiger partial charge in [0.1, 0.15) is 25.0 Å². The minimum Gasteiger partial charge on any atom is -0.486 e. The van der Waals surface area contributed by atoms with E-state index in [1.807, 2.05) is 0 Å². The monoisotopic (exact) mass is 217 g/mol. The summed E-state index contributed by atoms with van der Waals surface area (Å²) < 4.78 is 7.14. The molecule has 5 nitrogen and oxygen atoms in total. The van der Waals surface area contributed by atoms with Crippen molar-refractivity contribution in [1.82, 2.24) is 14.8 Å².